The Morgan fingerprint density at radius 2 is 1.29 bits per heavy atom. The predicted molar refractivity (Wildman–Crippen MR) is 98.4 cm³/mol. The molecule has 8 bridgehead atoms. The maximum Gasteiger partial charge on any atom is 0.0874 e. The summed E-state index contributed by atoms with van der Waals surface area (Å²) in [5, 5.41) is 2.19. The highest BCUT2D eigenvalue weighted by molar-refractivity contribution is 6.20. The Morgan fingerprint density at radius 3 is 2.04 bits per heavy atom. The maximum atomic E-state index is 4.72. The van der Waals surface area contributed by atoms with Crippen LogP contribution in [0.5, 0.6) is 0 Å². The van der Waals surface area contributed by atoms with Gasteiger partial charge in [-0.25, -0.2) is 15.0 Å². The molecular formula is C20H14N4. The first-order valence-electron chi connectivity index (χ1n) is 7.86. The molecule has 1 aromatic rings. The predicted octanol–water partition coefficient (Wildman–Crippen LogP) is 1.73. The fraction of sp³-hybridized carbons (Fsp3) is 0.0500. The lowest BCUT2D eigenvalue weighted by atomic mass is 10.2. The van der Waals surface area contributed by atoms with Gasteiger partial charge in [0.05, 0.1) is 39.6 Å². The molecule has 4 aliphatic rings. The van der Waals surface area contributed by atoms with E-state index in [0.29, 0.717) is 0 Å². The second-order valence-electron chi connectivity index (χ2n) is 5.98. The van der Waals surface area contributed by atoms with Crippen molar-refractivity contribution in [2.45, 2.75) is 0 Å². The zero-order valence-electron chi connectivity index (χ0n) is 13.1. The third-order valence-corrected chi connectivity index (χ3v) is 4.34. The monoisotopic (exact) mass is 310 g/mol. The Labute approximate surface area is 139 Å². The SMILES string of the molecule is Cn1c2ccc1=C1C=CC(=N1)C=C1C=CC(=N1)C=C1C=CC(=N1)C=2. The summed E-state index contributed by atoms with van der Waals surface area (Å²) in [5.41, 5.74) is 5.57. The lowest BCUT2D eigenvalue weighted by molar-refractivity contribution is 0.856. The van der Waals surface area contributed by atoms with E-state index in [1.54, 1.807) is 0 Å². The summed E-state index contributed by atoms with van der Waals surface area (Å²) in [5.74, 6) is 0. The summed E-state index contributed by atoms with van der Waals surface area (Å²) in [6, 6.07) is 4.19. The molecule has 0 radical (unpaired) electrons. The number of allylic oxidation sites excluding steroid dienone is 7. The van der Waals surface area contributed by atoms with Gasteiger partial charge in [-0.05, 0) is 66.8 Å². The van der Waals surface area contributed by atoms with Crippen molar-refractivity contribution >= 4 is 28.9 Å². The van der Waals surface area contributed by atoms with Crippen molar-refractivity contribution in [3.63, 3.8) is 0 Å². The summed E-state index contributed by atoms with van der Waals surface area (Å²) >= 11 is 0. The van der Waals surface area contributed by atoms with Gasteiger partial charge in [-0.3, -0.25) is 0 Å². The van der Waals surface area contributed by atoms with Gasteiger partial charge in [0.25, 0.3) is 0 Å². The van der Waals surface area contributed by atoms with Gasteiger partial charge in [0.2, 0.25) is 0 Å². The number of aliphatic imine (C=N–C) groups is 3. The van der Waals surface area contributed by atoms with Crippen LogP contribution in [0, 0.1) is 0 Å². The fourth-order valence-corrected chi connectivity index (χ4v) is 3.09. The van der Waals surface area contributed by atoms with Gasteiger partial charge in [0.15, 0.2) is 0 Å². The molecule has 0 spiro atoms. The zero-order chi connectivity index (χ0) is 16.1. The van der Waals surface area contributed by atoms with E-state index in [0.717, 1.165) is 44.9 Å². The van der Waals surface area contributed by atoms with Crippen molar-refractivity contribution in [3.05, 3.63) is 82.8 Å². The number of nitrogens with zero attached hydrogens (tertiary/aromatic N) is 4. The highest BCUT2D eigenvalue weighted by atomic mass is 14.9. The second kappa shape index (κ2) is 4.86. The number of hydrogen-bond donors (Lipinski definition) is 0. The normalized spacial score (nSPS) is 20.0. The molecule has 0 fully saturated rings. The Bertz CT molecular complexity index is 1140. The smallest absolute Gasteiger partial charge is 0.0874 e. The third-order valence-electron chi connectivity index (χ3n) is 4.34. The van der Waals surface area contributed by atoms with Crippen LogP contribution in [0.1, 0.15) is 0 Å². The Kier molecular flexibility index (Phi) is 2.67. The number of aromatic nitrogens is 1. The molecule has 0 amide bonds. The summed E-state index contributed by atoms with van der Waals surface area (Å²) in [4.78, 5) is 14.0. The van der Waals surface area contributed by atoms with Crippen LogP contribution in [0.25, 0.3) is 11.8 Å². The van der Waals surface area contributed by atoms with E-state index in [-0.39, 0.29) is 0 Å². The summed E-state index contributed by atoms with van der Waals surface area (Å²) in [6.07, 6.45) is 18.2. The van der Waals surface area contributed by atoms with Crippen molar-refractivity contribution in [1.29, 1.82) is 0 Å². The molecule has 0 atom stereocenters. The summed E-state index contributed by atoms with van der Waals surface area (Å²) < 4.78 is 2.14. The van der Waals surface area contributed by atoms with E-state index >= 15 is 0 Å². The van der Waals surface area contributed by atoms with Crippen molar-refractivity contribution in [2.75, 3.05) is 0 Å². The Balaban J connectivity index is 1.81. The van der Waals surface area contributed by atoms with Crippen molar-refractivity contribution < 1.29 is 0 Å². The van der Waals surface area contributed by atoms with Gasteiger partial charge in [0.1, 0.15) is 0 Å². The van der Waals surface area contributed by atoms with Crippen LogP contribution in [-0.4, -0.2) is 21.7 Å². The molecule has 0 unspecified atom stereocenters. The molecule has 4 heteroatoms. The fourth-order valence-electron chi connectivity index (χ4n) is 3.09. The molecule has 0 N–H and O–H groups in total. The lowest BCUT2D eigenvalue weighted by Gasteiger charge is -1.96. The largest absolute Gasteiger partial charge is 0.343 e. The highest BCUT2D eigenvalue weighted by Gasteiger charge is 2.10. The summed E-state index contributed by atoms with van der Waals surface area (Å²) in [7, 11) is 2.05. The molecule has 5 heterocycles. The highest BCUT2D eigenvalue weighted by Crippen LogP contribution is 2.17. The minimum absolute atomic E-state index is 0.909. The second-order valence-corrected chi connectivity index (χ2v) is 5.98. The summed E-state index contributed by atoms with van der Waals surface area (Å²) in [6.45, 7) is 0. The van der Waals surface area contributed by atoms with Crippen molar-refractivity contribution in [3.8, 4) is 0 Å². The Hall–Kier alpha value is -3.27. The molecule has 24 heavy (non-hydrogen) atoms. The third kappa shape index (κ3) is 2.12. The van der Waals surface area contributed by atoms with Gasteiger partial charge in [-0.2, -0.15) is 0 Å². The van der Waals surface area contributed by atoms with Crippen LogP contribution >= 0.6 is 0 Å². The van der Waals surface area contributed by atoms with Crippen LogP contribution in [0.4, 0.5) is 0 Å². The average molecular weight is 310 g/mol. The quantitative estimate of drug-likeness (QED) is 0.700. The van der Waals surface area contributed by atoms with Gasteiger partial charge in [-0.1, -0.05) is 0 Å². The van der Waals surface area contributed by atoms with E-state index in [1.165, 1.54) is 0 Å². The molecule has 0 saturated heterocycles. The van der Waals surface area contributed by atoms with E-state index < -0.39 is 0 Å². The van der Waals surface area contributed by atoms with E-state index in [2.05, 4.69) is 39.8 Å². The van der Waals surface area contributed by atoms with E-state index in [1.807, 2.05) is 48.6 Å². The van der Waals surface area contributed by atoms with Crippen LogP contribution in [0.15, 0.2) is 87.1 Å². The van der Waals surface area contributed by atoms with Crippen molar-refractivity contribution in [2.24, 2.45) is 22.0 Å². The van der Waals surface area contributed by atoms with E-state index in [9.17, 15) is 0 Å². The molecule has 4 aliphatic heterocycles. The van der Waals surface area contributed by atoms with Gasteiger partial charge < -0.3 is 4.57 Å². The first-order valence-corrected chi connectivity index (χ1v) is 7.86. The van der Waals surface area contributed by atoms with Gasteiger partial charge >= 0.3 is 0 Å². The standard InChI is InChI=1S/C20H14N4/c1-24-18-7-9-20(24)19-8-6-16(23-19)11-15-3-2-13(21-15)10-14-4-5-17(12-18)22-14/h2-12H,1H3. The van der Waals surface area contributed by atoms with Crippen molar-refractivity contribution in [1.82, 2.24) is 4.57 Å². The molecule has 0 aromatic carbocycles. The van der Waals surface area contributed by atoms with Crippen LogP contribution in [-0.2, 0) is 7.05 Å². The minimum Gasteiger partial charge on any atom is -0.343 e. The topological polar surface area (TPSA) is 42.0 Å². The molecule has 1 aromatic heterocycles. The maximum absolute atomic E-state index is 4.72. The molecule has 114 valence electrons. The zero-order valence-corrected chi connectivity index (χ0v) is 13.1. The first-order chi connectivity index (χ1) is 11.7. The molecule has 0 saturated carbocycles. The Morgan fingerprint density at radius 1 is 0.667 bits per heavy atom. The average Bonchev–Trinajstić information content (AvgIpc) is 3.32. The molecule has 4 nitrogen and oxygen atoms in total. The van der Waals surface area contributed by atoms with Crippen LogP contribution in [0.3, 0.4) is 0 Å². The first kappa shape index (κ1) is 13.2. The number of rotatable bonds is 0. The van der Waals surface area contributed by atoms with Gasteiger partial charge in [-0.15, -0.1) is 0 Å². The van der Waals surface area contributed by atoms with Crippen LogP contribution < -0.4 is 10.7 Å². The van der Waals surface area contributed by atoms with E-state index in [4.69, 9.17) is 4.99 Å². The molecule has 0 aliphatic carbocycles. The lowest BCUT2D eigenvalue weighted by Crippen LogP contribution is -2.25. The molecule has 5 rings (SSSR count). The number of fused-ring (bicyclic) bond motifs is 5. The molecular weight excluding hydrogens is 296 g/mol. The van der Waals surface area contributed by atoms with Gasteiger partial charge in [0, 0.05) is 12.4 Å². The number of hydrogen-bond acceptors (Lipinski definition) is 3. The minimum atomic E-state index is 0.909. The van der Waals surface area contributed by atoms with Crippen LogP contribution in [0.2, 0.25) is 0 Å².